The summed E-state index contributed by atoms with van der Waals surface area (Å²) in [6.45, 7) is 2.04. The number of nitrogens with two attached hydrogens (primary N) is 1. The van der Waals surface area contributed by atoms with Gasteiger partial charge >= 0.3 is 0 Å². The van der Waals surface area contributed by atoms with E-state index in [-0.39, 0.29) is 0 Å². The Morgan fingerprint density at radius 2 is 1.89 bits per heavy atom. The van der Waals surface area contributed by atoms with E-state index in [1.54, 1.807) is 12.1 Å². The third kappa shape index (κ3) is 1.97. The van der Waals surface area contributed by atoms with Crippen molar-refractivity contribution in [2.45, 2.75) is 6.92 Å². The number of carbonyl (C=O) groups excluding carboxylic acids is 1. The number of rotatable bonds is 2. The number of primary amides is 1. The highest BCUT2D eigenvalue weighted by molar-refractivity contribution is 6.04. The van der Waals surface area contributed by atoms with Gasteiger partial charge in [0.15, 0.2) is 0 Å². The Kier molecular flexibility index (Phi) is 2.56. The molecule has 4 nitrogen and oxygen atoms in total. The highest BCUT2D eigenvalue weighted by Gasteiger charge is 2.11. The van der Waals surface area contributed by atoms with Crippen LogP contribution in [0.25, 0.3) is 22.4 Å². The minimum absolute atomic E-state index is 0.437. The molecule has 0 aliphatic rings. The number of H-pyrrole nitrogens is 1. The van der Waals surface area contributed by atoms with Crippen molar-refractivity contribution in [3.63, 3.8) is 0 Å². The largest absolute Gasteiger partial charge is 0.366 e. The Balaban J connectivity index is 2.19. The van der Waals surface area contributed by atoms with Crippen LogP contribution in [0, 0.1) is 6.92 Å². The Morgan fingerprint density at radius 1 is 1.16 bits per heavy atom. The summed E-state index contributed by atoms with van der Waals surface area (Å²) in [4.78, 5) is 19.1. The Morgan fingerprint density at radius 3 is 2.58 bits per heavy atom. The first-order valence-electron chi connectivity index (χ1n) is 6.01. The second kappa shape index (κ2) is 4.24. The lowest BCUT2D eigenvalue weighted by Gasteiger charge is -1.96. The number of hydrogen-bond acceptors (Lipinski definition) is 2. The van der Waals surface area contributed by atoms with Crippen molar-refractivity contribution in [2.24, 2.45) is 5.73 Å². The number of aromatic amines is 1. The number of aryl methyl sites for hydroxylation is 1. The lowest BCUT2D eigenvalue weighted by molar-refractivity contribution is 0.100. The number of imidazole rings is 1. The zero-order valence-corrected chi connectivity index (χ0v) is 10.5. The first-order chi connectivity index (χ1) is 9.15. The van der Waals surface area contributed by atoms with E-state index in [1.165, 1.54) is 5.56 Å². The molecule has 0 saturated carbocycles. The van der Waals surface area contributed by atoms with Crippen LogP contribution in [-0.4, -0.2) is 15.9 Å². The summed E-state index contributed by atoms with van der Waals surface area (Å²) in [6, 6.07) is 13.4. The molecular weight excluding hydrogens is 238 g/mol. The molecule has 19 heavy (non-hydrogen) atoms. The SMILES string of the molecule is Cc1ccc(-c2nc3c(C(N)=O)cccc3[nH]2)cc1. The number of nitrogens with one attached hydrogen (secondary N) is 1. The molecule has 3 N–H and O–H groups in total. The number of hydrogen-bond donors (Lipinski definition) is 2. The Hall–Kier alpha value is -2.62. The molecule has 0 fully saturated rings. The van der Waals surface area contributed by atoms with Crippen LogP contribution >= 0.6 is 0 Å². The van der Waals surface area contributed by atoms with Gasteiger partial charge in [0.1, 0.15) is 11.3 Å². The molecule has 3 aromatic rings. The average molecular weight is 251 g/mol. The van der Waals surface area contributed by atoms with Crippen molar-refractivity contribution < 1.29 is 4.79 Å². The fourth-order valence-corrected chi connectivity index (χ4v) is 2.08. The summed E-state index contributed by atoms with van der Waals surface area (Å²) >= 11 is 0. The number of aromatic nitrogens is 2. The Labute approximate surface area is 110 Å². The van der Waals surface area contributed by atoms with E-state index in [9.17, 15) is 4.79 Å². The van der Waals surface area contributed by atoms with Gasteiger partial charge in [0.05, 0.1) is 11.1 Å². The zero-order valence-electron chi connectivity index (χ0n) is 10.5. The molecule has 4 heteroatoms. The third-order valence-electron chi connectivity index (χ3n) is 3.10. The van der Waals surface area contributed by atoms with Gasteiger partial charge in [-0.25, -0.2) is 4.98 Å². The molecule has 1 amide bonds. The molecule has 0 atom stereocenters. The van der Waals surface area contributed by atoms with Gasteiger partial charge in [-0.15, -0.1) is 0 Å². The molecule has 0 aliphatic heterocycles. The van der Waals surface area contributed by atoms with E-state index in [0.717, 1.165) is 16.9 Å². The molecule has 3 rings (SSSR count). The molecule has 0 aliphatic carbocycles. The smallest absolute Gasteiger partial charge is 0.250 e. The predicted molar refractivity (Wildman–Crippen MR) is 74.8 cm³/mol. The van der Waals surface area contributed by atoms with Gasteiger partial charge < -0.3 is 10.7 Å². The van der Waals surface area contributed by atoms with Crippen molar-refractivity contribution in [3.05, 3.63) is 53.6 Å². The van der Waals surface area contributed by atoms with Crippen LogP contribution in [0.2, 0.25) is 0 Å². The molecule has 2 aromatic carbocycles. The summed E-state index contributed by atoms with van der Waals surface area (Å²) in [5, 5.41) is 0. The van der Waals surface area contributed by atoms with E-state index in [1.807, 2.05) is 37.3 Å². The van der Waals surface area contributed by atoms with Crippen LogP contribution in [0.5, 0.6) is 0 Å². The quantitative estimate of drug-likeness (QED) is 0.735. The molecule has 1 heterocycles. The summed E-state index contributed by atoms with van der Waals surface area (Å²) in [5.41, 5.74) is 9.40. The second-order valence-corrected chi connectivity index (χ2v) is 4.52. The summed E-state index contributed by atoms with van der Waals surface area (Å²) in [7, 11) is 0. The number of benzene rings is 2. The van der Waals surface area contributed by atoms with E-state index in [4.69, 9.17) is 5.73 Å². The van der Waals surface area contributed by atoms with E-state index in [2.05, 4.69) is 9.97 Å². The van der Waals surface area contributed by atoms with Gasteiger partial charge in [0.2, 0.25) is 0 Å². The lowest BCUT2D eigenvalue weighted by atomic mass is 10.1. The molecular formula is C15H13N3O. The lowest BCUT2D eigenvalue weighted by Crippen LogP contribution is -2.11. The van der Waals surface area contributed by atoms with Crippen LogP contribution < -0.4 is 5.73 Å². The van der Waals surface area contributed by atoms with Crippen LogP contribution in [0.1, 0.15) is 15.9 Å². The van der Waals surface area contributed by atoms with Gasteiger partial charge in [-0.1, -0.05) is 35.9 Å². The van der Waals surface area contributed by atoms with Crippen molar-refractivity contribution in [2.75, 3.05) is 0 Å². The first-order valence-corrected chi connectivity index (χ1v) is 6.01. The third-order valence-corrected chi connectivity index (χ3v) is 3.10. The average Bonchev–Trinajstić information content (AvgIpc) is 2.82. The monoisotopic (exact) mass is 251 g/mol. The topological polar surface area (TPSA) is 71.8 Å². The Bertz CT molecular complexity index is 757. The van der Waals surface area contributed by atoms with Gasteiger partial charge in [0.25, 0.3) is 5.91 Å². The maximum atomic E-state index is 11.4. The summed E-state index contributed by atoms with van der Waals surface area (Å²) in [6.07, 6.45) is 0. The summed E-state index contributed by atoms with van der Waals surface area (Å²) in [5.74, 6) is 0.274. The van der Waals surface area contributed by atoms with E-state index >= 15 is 0 Å². The number of amides is 1. The molecule has 0 unspecified atom stereocenters. The number of carbonyl (C=O) groups is 1. The maximum absolute atomic E-state index is 11.4. The molecule has 94 valence electrons. The number of nitrogens with zero attached hydrogens (tertiary/aromatic N) is 1. The fourth-order valence-electron chi connectivity index (χ4n) is 2.08. The standard InChI is InChI=1S/C15H13N3O/c1-9-5-7-10(8-6-9)15-17-12-4-2-3-11(14(16)19)13(12)18-15/h2-8H,1H3,(H2,16,19)(H,17,18). The van der Waals surface area contributed by atoms with Crippen LogP contribution in [0.15, 0.2) is 42.5 Å². The molecule has 0 bridgehead atoms. The van der Waals surface area contributed by atoms with Gasteiger partial charge in [-0.05, 0) is 19.1 Å². The summed E-state index contributed by atoms with van der Waals surface area (Å²) < 4.78 is 0. The van der Waals surface area contributed by atoms with Crippen LogP contribution in [-0.2, 0) is 0 Å². The van der Waals surface area contributed by atoms with Crippen molar-refractivity contribution in [1.29, 1.82) is 0 Å². The van der Waals surface area contributed by atoms with Crippen molar-refractivity contribution in [1.82, 2.24) is 9.97 Å². The number of fused-ring (bicyclic) bond motifs is 1. The van der Waals surface area contributed by atoms with Gasteiger partial charge in [-0.2, -0.15) is 0 Å². The zero-order chi connectivity index (χ0) is 13.4. The minimum atomic E-state index is -0.465. The molecule has 0 spiro atoms. The second-order valence-electron chi connectivity index (χ2n) is 4.52. The molecule has 0 radical (unpaired) electrons. The molecule has 0 saturated heterocycles. The molecule has 1 aromatic heterocycles. The highest BCUT2D eigenvalue weighted by Crippen LogP contribution is 2.22. The van der Waals surface area contributed by atoms with Gasteiger partial charge in [0, 0.05) is 5.56 Å². The normalized spacial score (nSPS) is 10.8. The van der Waals surface area contributed by atoms with Crippen LogP contribution in [0.3, 0.4) is 0 Å². The van der Waals surface area contributed by atoms with Crippen molar-refractivity contribution >= 4 is 16.9 Å². The van der Waals surface area contributed by atoms with E-state index in [0.29, 0.717) is 11.1 Å². The van der Waals surface area contributed by atoms with Gasteiger partial charge in [-0.3, -0.25) is 4.79 Å². The van der Waals surface area contributed by atoms with E-state index < -0.39 is 5.91 Å². The highest BCUT2D eigenvalue weighted by atomic mass is 16.1. The van der Waals surface area contributed by atoms with Crippen LogP contribution in [0.4, 0.5) is 0 Å². The first kappa shape index (κ1) is 11.5. The minimum Gasteiger partial charge on any atom is -0.366 e. The fraction of sp³-hybridized carbons (Fsp3) is 0.0667. The predicted octanol–water partition coefficient (Wildman–Crippen LogP) is 2.64. The number of para-hydroxylation sites is 1. The maximum Gasteiger partial charge on any atom is 0.250 e. The van der Waals surface area contributed by atoms with Crippen molar-refractivity contribution in [3.8, 4) is 11.4 Å².